The van der Waals surface area contributed by atoms with Gasteiger partial charge in [0.2, 0.25) is 0 Å². The minimum atomic E-state index is 0.725. The highest BCUT2D eigenvalue weighted by Gasteiger charge is 2.05. The zero-order valence-electron chi connectivity index (χ0n) is 11.5. The SMILES string of the molecule is CCCCc1ccc(-c2nc3ccc(Cl)cc3[nH]2)cc1. The van der Waals surface area contributed by atoms with Crippen LogP contribution in [0.1, 0.15) is 25.3 Å². The number of aromatic nitrogens is 2. The van der Waals surface area contributed by atoms with Crippen LogP contribution in [0.3, 0.4) is 0 Å². The first kappa shape index (κ1) is 13.2. The van der Waals surface area contributed by atoms with Crippen molar-refractivity contribution in [1.29, 1.82) is 0 Å². The molecule has 20 heavy (non-hydrogen) atoms. The van der Waals surface area contributed by atoms with Gasteiger partial charge in [0.15, 0.2) is 0 Å². The lowest BCUT2D eigenvalue weighted by Gasteiger charge is -2.01. The van der Waals surface area contributed by atoms with Crippen LogP contribution in [-0.2, 0) is 6.42 Å². The number of halogens is 1. The Balaban J connectivity index is 1.90. The molecule has 3 heteroatoms. The van der Waals surface area contributed by atoms with Gasteiger partial charge in [-0.15, -0.1) is 0 Å². The Labute approximate surface area is 123 Å². The molecule has 1 N–H and O–H groups in total. The molecule has 0 aliphatic carbocycles. The fourth-order valence-electron chi connectivity index (χ4n) is 2.33. The van der Waals surface area contributed by atoms with E-state index < -0.39 is 0 Å². The molecule has 0 fully saturated rings. The van der Waals surface area contributed by atoms with Gasteiger partial charge in [-0.1, -0.05) is 49.2 Å². The molecule has 0 atom stereocenters. The van der Waals surface area contributed by atoms with Gasteiger partial charge in [0.25, 0.3) is 0 Å². The first-order valence-corrected chi connectivity index (χ1v) is 7.38. The lowest BCUT2D eigenvalue weighted by molar-refractivity contribution is 0.795. The Bertz CT molecular complexity index is 713. The molecule has 1 heterocycles. The molecule has 0 amide bonds. The van der Waals surface area contributed by atoms with Crippen LogP contribution in [0.2, 0.25) is 5.02 Å². The van der Waals surface area contributed by atoms with Crippen LogP contribution < -0.4 is 0 Å². The maximum atomic E-state index is 6.00. The van der Waals surface area contributed by atoms with E-state index in [-0.39, 0.29) is 0 Å². The number of benzene rings is 2. The molecule has 0 aliphatic rings. The third kappa shape index (κ3) is 2.70. The predicted octanol–water partition coefficient (Wildman–Crippen LogP) is 5.23. The summed E-state index contributed by atoms with van der Waals surface area (Å²) in [5, 5.41) is 0.725. The van der Waals surface area contributed by atoms with Crippen molar-refractivity contribution in [2.75, 3.05) is 0 Å². The Morgan fingerprint density at radius 1 is 1.10 bits per heavy atom. The van der Waals surface area contributed by atoms with Crippen molar-refractivity contribution in [2.45, 2.75) is 26.2 Å². The second-order valence-electron chi connectivity index (χ2n) is 5.05. The fraction of sp³-hybridized carbons (Fsp3) is 0.235. The van der Waals surface area contributed by atoms with Crippen molar-refractivity contribution in [3.63, 3.8) is 0 Å². The van der Waals surface area contributed by atoms with Gasteiger partial charge < -0.3 is 4.98 Å². The predicted molar refractivity (Wildman–Crippen MR) is 85.2 cm³/mol. The van der Waals surface area contributed by atoms with Crippen LogP contribution in [0.15, 0.2) is 42.5 Å². The van der Waals surface area contributed by atoms with E-state index in [1.807, 2.05) is 18.2 Å². The summed E-state index contributed by atoms with van der Waals surface area (Å²) >= 11 is 6.00. The van der Waals surface area contributed by atoms with Gasteiger partial charge in [-0.2, -0.15) is 0 Å². The van der Waals surface area contributed by atoms with E-state index in [0.717, 1.165) is 33.9 Å². The molecular formula is C17H17ClN2. The van der Waals surface area contributed by atoms with Crippen LogP contribution in [-0.4, -0.2) is 9.97 Å². The second-order valence-corrected chi connectivity index (χ2v) is 5.48. The molecular weight excluding hydrogens is 268 g/mol. The van der Waals surface area contributed by atoms with Gasteiger partial charge in [0.1, 0.15) is 5.82 Å². The smallest absolute Gasteiger partial charge is 0.138 e. The highest BCUT2D eigenvalue weighted by atomic mass is 35.5. The zero-order chi connectivity index (χ0) is 13.9. The van der Waals surface area contributed by atoms with Gasteiger partial charge >= 0.3 is 0 Å². The zero-order valence-corrected chi connectivity index (χ0v) is 12.2. The average Bonchev–Trinajstić information content (AvgIpc) is 2.88. The van der Waals surface area contributed by atoms with Crippen molar-refractivity contribution >= 4 is 22.6 Å². The Morgan fingerprint density at radius 3 is 2.65 bits per heavy atom. The number of nitrogens with one attached hydrogen (secondary N) is 1. The molecule has 0 saturated heterocycles. The fourth-order valence-corrected chi connectivity index (χ4v) is 2.50. The summed E-state index contributed by atoms with van der Waals surface area (Å²) in [6, 6.07) is 14.3. The third-order valence-corrected chi connectivity index (χ3v) is 3.73. The number of fused-ring (bicyclic) bond motifs is 1. The summed E-state index contributed by atoms with van der Waals surface area (Å²) in [4.78, 5) is 7.92. The lowest BCUT2D eigenvalue weighted by Crippen LogP contribution is -1.85. The molecule has 0 bridgehead atoms. The van der Waals surface area contributed by atoms with E-state index in [1.54, 1.807) is 0 Å². The van der Waals surface area contributed by atoms with Crippen molar-refractivity contribution in [2.24, 2.45) is 0 Å². The van der Waals surface area contributed by atoms with Gasteiger partial charge in [-0.25, -0.2) is 4.98 Å². The second kappa shape index (κ2) is 5.68. The largest absolute Gasteiger partial charge is 0.338 e. The molecule has 102 valence electrons. The highest BCUT2D eigenvalue weighted by molar-refractivity contribution is 6.31. The lowest BCUT2D eigenvalue weighted by atomic mass is 10.1. The number of aryl methyl sites for hydroxylation is 1. The summed E-state index contributed by atoms with van der Waals surface area (Å²) in [5.41, 5.74) is 4.41. The summed E-state index contributed by atoms with van der Waals surface area (Å²) in [6.45, 7) is 2.22. The number of hydrogen-bond donors (Lipinski definition) is 1. The summed E-state index contributed by atoms with van der Waals surface area (Å²) in [7, 11) is 0. The molecule has 0 saturated carbocycles. The van der Waals surface area contributed by atoms with Gasteiger partial charge in [0, 0.05) is 10.6 Å². The van der Waals surface area contributed by atoms with E-state index in [4.69, 9.17) is 11.6 Å². The first-order chi connectivity index (χ1) is 9.76. The minimum Gasteiger partial charge on any atom is -0.338 e. The number of aromatic amines is 1. The molecule has 0 unspecified atom stereocenters. The van der Waals surface area contributed by atoms with Crippen LogP contribution in [0, 0.1) is 0 Å². The van der Waals surface area contributed by atoms with Gasteiger partial charge in [-0.05, 0) is 36.6 Å². The quantitative estimate of drug-likeness (QED) is 0.698. The van der Waals surface area contributed by atoms with E-state index in [9.17, 15) is 0 Å². The van der Waals surface area contributed by atoms with E-state index >= 15 is 0 Å². The van der Waals surface area contributed by atoms with Crippen LogP contribution >= 0.6 is 11.6 Å². The number of hydrogen-bond acceptors (Lipinski definition) is 1. The van der Waals surface area contributed by atoms with Gasteiger partial charge in [0.05, 0.1) is 11.0 Å². The maximum absolute atomic E-state index is 6.00. The van der Waals surface area contributed by atoms with Crippen LogP contribution in [0.5, 0.6) is 0 Å². The molecule has 0 aliphatic heterocycles. The monoisotopic (exact) mass is 284 g/mol. The van der Waals surface area contributed by atoms with Crippen molar-refractivity contribution in [3.8, 4) is 11.4 Å². The molecule has 3 aromatic rings. The molecule has 0 radical (unpaired) electrons. The maximum Gasteiger partial charge on any atom is 0.138 e. The number of imidazole rings is 1. The molecule has 2 aromatic carbocycles. The third-order valence-electron chi connectivity index (χ3n) is 3.49. The standard InChI is InChI=1S/C17H17ClN2/c1-2-3-4-12-5-7-13(8-6-12)17-19-15-10-9-14(18)11-16(15)20-17/h5-11H,2-4H2,1H3,(H,19,20). The van der Waals surface area contributed by atoms with E-state index in [0.29, 0.717) is 0 Å². The first-order valence-electron chi connectivity index (χ1n) is 7.01. The number of H-pyrrole nitrogens is 1. The Morgan fingerprint density at radius 2 is 1.90 bits per heavy atom. The van der Waals surface area contributed by atoms with Crippen molar-refractivity contribution in [3.05, 3.63) is 53.1 Å². The van der Waals surface area contributed by atoms with Crippen molar-refractivity contribution in [1.82, 2.24) is 9.97 Å². The highest BCUT2D eigenvalue weighted by Crippen LogP contribution is 2.23. The average molecular weight is 285 g/mol. The molecule has 0 spiro atoms. The van der Waals surface area contributed by atoms with E-state index in [1.165, 1.54) is 18.4 Å². The Hall–Kier alpha value is -1.80. The van der Waals surface area contributed by atoms with Crippen LogP contribution in [0.25, 0.3) is 22.4 Å². The van der Waals surface area contributed by atoms with E-state index in [2.05, 4.69) is 41.2 Å². The van der Waals surface area contributed by atoms with Gasteiger partial charge in [-0.3, -0.25) is 0 Å². The molecule has 2 nitrogen and oxygen atoms in total. The summed E-state index contributed by atoms with van der Waals surface area (Å²) in [6.07, 6.45) is 3.61. The van der Waals surface area contributed by atoms with Crippen molar-refractivity contribution < 1.29 is 0 Å². The molecule has 1 aromatic heterocycles. The summed E-state index contributed by atoms with van der Waals surface area (Å²) in [5.74, 6) is 0.893. The number of nitrogens with zero attached hydrogens (tertiary/aromatic N) is 1. The molecule has 3 rings (SSSR count). The normalized spacial score (nSPS) is 11.1. The topological polar surface area (TPSA) is 28.7 Å². The summed E-state index contributed by atoms with van der Waals surface area (Å²) < 4.78 is 0. The number of unbranched alkanes of at least 4 members (excludes halogenated alkanes) is 1. The minimum absolute atomic E-state index is 0.725. The number of rotatable bonds is 4. The Kier molecular flexibility index (Phi) is 3.75. The van der Waals surface area contributed by atoms with Crippen LogP contribution in [0.4, 0.5) is 0 Å².